The van der Waals surface area contributed by atoms with Gasteiger partial charge in [-0.3, -0.25) is 24.0 Å². The molecule has 1 atom stereocenters. The third-order valence-corrected chi connectivity index (χ3v) is 4.38. The highest BCUT2D eigenvalue weighted by molar-refractivity contribution is 6.01. The van der Waals surface area contributed by atoms with E-state index in [1.807, 2.05) is 0 Å². The van der Waals surface area contributed by atoms with Crippen molar-refractivity contribution >= 4 is 29.5 Å². The summed E-state index contributed by atoms with van der Waals surface area (Å²) in [7, 11) is 1.16. The van der Waals surface area contributed by atoms with Crippen LogP contribution in [0.3, 0.4) is 0 Å². The van der Waals surface area contributed by atoms with Gasteiger partial charge in [0.2, 0.25) is 11.8 Å². The quantitative estimate of drug-likeness (QED) is 0.154. The maximum Gasteiger partial charge on any atom is 0.315 e. The number of ether oxygens (including phenoxy) is 3. The molecular weight excluding hydrogens is 424 g/mol. The second kappa shape index (κ2) is 10.7. The normalized spacial score (nSPS) is 14.9. The molecule has 2 N–H and O–H groups in total. The van der Waals surface area contributed by atoms with Crippen LogP contribution < -0.4 is 10.1 Å². The first-order chi connectivity index (χ1) is 15.0. The van der Waals surface area contributed by atoms with E-state index in [1.54, 1.807) is 12.1 Å². The van der Waals surface area contributed by atoms with Crippen molar-refractivity contribution < 1.29 is 43.3 Å². The molecule has 11 heteroatoms. The predicted molar refractivity (Wildman–Crippen MR) is 108 cm³/mol. The summed E-state index contributed by atoms with van der Waals surface area (Å²) in [5.41, 5.74) is -1.13. The molecule has 0 saturated carbocycles. The summed E-state index contributed by atoms with van der Waals surface area (Å²) < 4.78 is 14.7. The molecule has 2 amide bonds. The summed E-state index contributed by atoms with van der Waals surface area (Å²) in [4.78, 5) is 59.6. The molecule has 0 spiro atoms. The molecule has 0 radical (unpaired) electrons. The fourth-order valence-corrected chi connectivity index (χ4v) is 2.63. The number of hydrogen-bond donors (Lipinski definition) is 2. The fourth-order valence-electron chi connectivity index (χ4n) is 2.63. The van der Waals surface area contributed by atoms with Crippen LogP contribution in [0.15, 0.2) is 24.3 Å². The van der Waals surface area contributed by atoms with Crippen molar-refractivity contribution in [2.24, 2.45) is 0 Å². The lowest BCUT2D eigenvalue weighted by Gasteiger charge is -2.15. The van der Waals surface area contributed by atoms with E-state index in [4.69, 9.17) is 9.47 Å². The van der Waals surface area contributed by atoms with Gasteiger partial charge in [0.25, 0.3) is 0 Å². The van der Waals surface area contributed by atoms with Crippen molar-refractivity contribution in [2.45, 2.75) is 38.5 Å². The second-order valence-electron chi connectivity index (χ2n) is 7.54. The Labute approximate surface area is 184 Å². The lowest BCUT2D eigenvalue weighted by atomic mass is 9.97. The molecule has 32 heavy (non-hydrogen) atoms. The van der Waals surface area contributed by atoms with Crippen molar-refractivity contribution in [2.75, 3.05) is 26.9 Å². The zero-order valence-corrected chi connectivity index (χ0v) is 18.1. The van der Waals surface area contributed by atoms with Gasteiger partial charge in [-0.25, -0.2) is 0 Å². The lowest BCUT2D eigenvalue weighted by molar-refractivity contribution is -0.148. The molecule has 1 saturated heterocycles. The third-order valence-electron chi connectivity index (χ3n) is 4.38. The molecule has 1 fully saturated rings. The van der Waals surface area contributed by atoms with Crippen molar-refractivity contribution in [3.05, 3.63) is 29.8 Å². The Morgan fingerprint density at radius 2 is 1.72 bits per heavy atom. The van der Waals surface area contributed by atoms with E-state index in [-0.39, 0.29) is 19.8 Å². The minimum absolute atomic E-state index is 0.0364. The SMILES string of the molecule is COC(=O)CC(=O)NC1CN1C(=O)CC(=O)OCCOc1ccc(C(=O)C(C)(C)O)cc1. The summed E-state index contributed by atoms with van der Waals surface area (Å²) in [6.07, 6.45) is -1.49. The predicted octanol–water partition coefficient (Wildman–Crippen LogP) is -0.200. The van der Waals surface area contributed by atoms with Crippen LogP contribution in [-0.2, 0) is 28.7 Å². The number of benzene rings is 1. The van der Waals surface area contributed by atoms with E-state index in [2.05, 4.69) is 10.1 Å². The van der Waals surface area contributed by atoms with Gasteiger partial charge in [0, 0.05) is 5.56 Å². The number of amides is 2. The summed E-state index contributed by atoms with van der Waals surface area (Å²) in [6.45, 7) is 3.00. The van der Waals surface area contributed by atoms with Gasteiger partial charge >= 0.3 is 11.9 Å². The van der Waals surface area contributed by atoms with Gasteiger partial charge in [-0.05, 0) is 38.1 Å². The topological polar surface area (TPSA) is 148 Å². The smallest absolute Gasteiger partial charge is 0.315 e. The third kappa shape index (κ3) is 7.65. The standard InChI is InChI=1S/C21H26N2O9/c1-21(2,29)20(28)13-4-6-14(7-5-13)31-8-9-32-19(27)11-17(25)23-12-15(23)22-16(24)10-18(26)30-3/h4-7,15,29H,8-12H2,1-3H3,(H,22,24). The minimum Gasteiger partial charge on any atom is -0.490 e. The zero-order valence-electron chi connectivity index (χ0n) is 18.1. The van der Waals surface area contributed by atoms with E-state index < -0.39 is 54.1 Å². The van der Waals surface area contributed by atoms with E-state index in [0.29, 0.717) is 11.3 Å². The highest BCUT2D eigenvalue weighted by Gasteiger charge is 2.40. The van der Waals surface area contributed by atoms with Gasteiger partial charge in [-0.2, -0.15) is 0 Å². The van der Waals surface area contributed by atoms with Crippen LogP contribution >= 0.6 is 0 Å². The van der Waals surface area contributed by atoms with Crippen LogP contribution in [0.5, 0.6) is 5.75 Å². The highest BCUT2D eigenvalue weighted by atomic mass is 16.6. The average Bonchev–Trinajstić information content (AvgIpc) is 3.49. The number of rotatable bonds is 11. The number of nitrogens with zero attached hydrogens (tertiary/aromatic N) is 1. The molecule has 0 bridgehead atoms. The minimum atomic E-state index is -1.47. The number of carbonyl (C=O) groups is 5. The average molecular weight is 450 g/mol. The molecule has 174 valence electrons. The molecule has 1 unspecified atom stereocenters. The van der Waals surface area contributed by atoms with E-state index in [0.717, 1.165) is 7.11 Å². The van der Waals surface area contributed by atoms with Crippen LogP contribution in [0.1, 0.15) is 37.0 Å². The summed E-state index contributed by atoms with van der Waals surface area (Å²) in [5, 5.41) is 12.2. The molecule has 1 aromatic rings. The van der Waals surface area contributed by atoms with Crippen LogP contribution in [0, 0.1) is 0 Å². The first-order valence-electron chi connectivity index (χ1n) is 9.82. The summed E-state index contributed by atoms with van der Waals surface area (Å²) in [6, 6.07) is 6.15. The molecule has 11 nitrogen and oxygen atoms in total. The fraction of sp³-hybridized carbons (Fsp3) is 0.476. The largest absolute Gasteiger partial charge is 0.490 e. The van der Waals surface area contributed by atoms with E-state index in [1.165, 1.54) is 30.9 Å². The number of methoxy groups -OCH3 is 1. The molecule has 0 aliphatic carbocycles. The molecular formula is C21H26N2O9. The Bertz CT molecular complexity index is 874. The maximum absolute atomic E-state index is 12.0. The van der Waals surface area contributed by atoms with Crippen LogP contribution in [0.4, 0.5) is 0 Å². The second-order valence-corrected chi connectivity index (χ2v) is 7.54. The Kier molecular flexibility index (Phi) is 8.30. The van der Waals surface area contributed by atoms with E-state index in [9.17, 15) is 29.1 Å². The van der Waals surface area contributed by atoms with Gasteiger partial charge in [0.1, 0.15) is 43.6 Å². The molecule has 0 aromatic heterocycles. The van der Waals surface area contributed by atoms with Crippen molar-refractivity contribution in [3.63, 3.8) is 0 Å². The first kappa shape index (κ1) is 24.8. The molecule has 1 heterocycles. The Balaban J connectivity index is 1.64. The van der Waals surface area contributed by atoms with E-state index >= 15 is 0 Å². The van der Waals surface area contributed by atoms with Crippen molar-refractivity contribution in [1.29, 1.82) is 0 Å². The van der Waals surface area contributed by atoms with Crippen molar-refractivity contribution in [1.82, 2.24) is 10.2 Å². The number of nitrogens with one attached hydrogen (secondary N) is 1. The molecule has 1 aliphatic heterocycles. The number of Topliss-reactive ketones (excluding diaryl/α,β-unsaturated/α-hetero) is 1. The van der Waals surface area contributed by atoms with Gasteiger partial charge in [-0.15, -0.1) is 0 Å². The van der Waals surface area contributed by atoms with Crippen molar-refractivity contribution in [3.8, 4) is 5.75 Å². The first-order valence-corrected chi connectivity index (χ1v) is 9.82. The van der Waals surface area contributed by atoms with Gasteiger partial charge in [0.05, 0.1) is 13.7 Å². The number of carbonyl (C=O) groups excluding carboxylic acids is 5. The number of hydrogen-bond acceptors (Lipinski definition) is 9. The number of aliphatic hydroxyl groups is 1. The summed E-state index contributed by atoms with van der Waals surface area (Å²) in [5.74, 6) is -2.49. The van der Waals surface area contributed by atoms with Gasteiger partial charge in [-0.1, -0.05) is 0 Å². The van der Waals surface area contributed by atoms with Crippen LogP contribution in [0.2, 0.25) is 0 Å². The van der Waals surface area contributed by atoms with Crippen LogP contribution in [-0.4, -0.2) is 78.2 Å². The lowest BCUT2D eigenvalue weighted by Crippen LogP contribution is -2.33. The monoisotopic (exact) mass is 450 g/mol. The Hall–Kier alpha value is -3.47. The molecule has 2 rings (SSSR count). The summed E-state index contributed by atoms with van der Waals surface area (Å²) >= 11 is 0. The van der Waals surface area contributed by atoms with Crippen LogP contribution in [0.25, 0.3) is 0 Å². The molecule has 1 aromatic carbocycles. The Morgan fingerprint density at radius 3 is 2.31 bits per heavy atom. The van der Waals surface area contributed by atoms with Gasteiger partial charge in [0.15, 0.2) is 5.78 Å². The van der Waals surface area contributed by atoms with Gasteiger partial charge < -0.3 is 29.5 Å². The Morgan fingerprint density at radius 1 is 1.06 bits per heavy atom. The number of ketones is 1. The highest BCUT2D eigenvalue weighted by Crippen LogP contribution is 2.18. The number of esters is 2. The zero-order chi connectivity index (χ0) is 23.9. The maximum atomic E-state index is 12.0. The molecule has 1 aliphatic rings.